The zero-order chi connectivity index (χ0) is 26.8. The van der Waals surface area contributed by atoms with Crippen LogP contribution in [0.25, 0.3) is 10.8 Å². The van der Waals surface area contributed by atoms with Crippen LogP contribution in [0.1, 0.15) is 41.6 Å². The molecule has 4 aromatic carbocycles. The first-order chi connectivity index (χ1) is 18.3. The van der Waals surface area contributed by atoms with Crippen LogP contribution >= 0.6 is 11.6 Å². The fraction of sp³-hybridized carbons (Fsp3) is 0.103. The minimum Gasteiger partial charge on any atom is -0.446 e. The number of nitrogens with zero attached hydrogens (tertiary/aromatic N) is 2. The van der Waals surface area contributed by atoms with Crippen LogP contribution < -0.4 is 10.1 Å². The summed E-state index contributed by atoms with van der Waals surface area (Å²) in [6.07, 6.45) is -0.913. The number of amides is 2. The number of anilines is 1. The Morgan fingerprint density at radius 2 is 1.71 bits per heavy atom. The van der Waals surface area contributed by atoms with Crippen LogP contribution in [0.2, 0.25) is 5.02 Å². The van der Waals surface area contributed by atoms with Crippen molar-refractivity contribution in [1.82, 2.24) is 5.01 Å². The average Bonchev–Trinajstić information content (AvgIpc) is 3.34. The number of hydrogen-bond donors (Lipinski definition) is 1. The van der Waals surface area contributed by atoms with Crippen molar-refractivity contribution in [3.63, 3.8) is 0 Å². The molecule has 0 fully saturated rings. The summed E-state index contributed by atoms with van der Waals surface area (Å²) in [6.45, 7) is 2.69. The van der Waals surface area contributed by atoms with Crippen molar-refractivity contribution in [3.05, 3.63) is 107 Å². The molecular formula is C29H22ClN3O5. The lowest BCUT2D eigenvalue weighted by Gasteiger charge is -2.20. The highest BCUT2D eigenvalue weighted by Crippen LogP contribution is 2.37. The van der Waals surface area contributed by atoms with Crippen molar-refractivity contribution in [2.75, 3.05) is 5.32 Å². The number of hydrogen-bond acceptors (Lipinski definition) is 6. The highest BCUT2D eigenvalue weighted by Gasteiger charge is 2.35. The molecule has 190 valence electrons. The molecule has 1 aliphatic rings. The first kappa shape index (κ1) is 25.0. The fourth-order valence-electron chi connectivity index (χ4n) is 4.21. The summed E-state index contributed by atoms with van der Waals surface area (Å²) in [7, 11) is 0. The molecule has 4 aromatic rings. The number of ether oxygens (including phenoxy) is 2. The Labute approximate surface area is 223 Å². The van der Waals surface area contributed by atoms with Gasteiger partial charge in [-0.25, -0.2) is 0 Å². The maximum absolute atomic E-state index is 12.8. The summed E-state index contributed by atoms with van der Waals surface area (Å²) >= 11 is 6.16. The molecule has 0 saturated carbocycles. The first-order valence-electron chi connectivity index (χ1n) is 11.7. The van der Waals surface area contributed by atoms with E-state index in [2.05, 4.69) is 10.4 Å². The number of hydrazone groups is 1. The van der Waals surface area contributed by atoms with Gasteiger partial charge in [0.05, 0.1) is 16.1 Å². The van der Waals surface area contributed by atoms with E-state index in [9.17, 15) is 14.4 Å². The zero-order valence-corrected chi connectivity index (χ0v) is 21.2. The van der Waals surface area contributed by atoms with E-state index in [1.165, 1.54) is 18.9 Å². The Bertz CT molecular complexity index is 1620. The highest BCUT2D eigenvalue weighted by molar-refractivity contribution is 6.34. The second-order valence-electron chi connectivity index (χ2n) is 8.55. The van der Waals surface area contributed by atoms with Crippen LogP contribution in [0.4, 0.5) is 5.69 Å². The number of esters is 1. The average molecular weight is 528 g/mol. The first-order valence-corrected chi connectivity index (χ1v) is 12.1. The quantitative estimate of drug-likeness (QED) is 0.257. The predicted molar refractivity (Wildman–Crippen MR) is 144 cm³/mol. The van der Waals surface area contributed by atoms with Gasteiger partial charge in [-0.2, -0.15) is 5.01 Å². The Morgan fingerprint density at radius 3 is 2.47 bits per heavy atom. The van der Waals surface area contributed by atoms with Gasteiger partial charge in [0, 0.05) is 25.1 Å². The summed E-state index contributed by atoms with van der Waals surface area (Å²) in [5.74, 6) is -0.835. The van der Waals surface area contributed by atoms with E-state index >= 15 is 0 Å². The minimum absolute atomic E-state index is 0.128. The van der Waals surface area contributed by atoms with Gasteiger partial charge in [0.15, 0.2) is 0 Å². The SMILES string of the molecule is CC(=O)Oc1ccc2ccccc2c1C1=NN(C(C)=O)[C@@H](c2cccc(NC(=O)c3ccccc3Cl)c2)O1. The van der Waals surface area contributed by atoms with Crippen LogP contribution in [-0.4, -0.2) is 28.7 Å². The summed E-state index contributed by atoms with van der Waals surface area (Å²) in [6, 6.07) is 24.7. The van der Waals surface area contributed by atoms with Crippen LogP contribution in [0.3, 0.4) is 0 Å². The largest absolute Gasteiger partial charge is 0.446 e. The van der Waals surface area contributed by atoms with E-state index in [1.54, 1.807) is 54.6 Å². The summed E-state index contributed by atoms with van der Waals surface area (Å²) in [5, 5.41) is 10.5. The molecule has 0 aromatic heterocycles. The Balaban J connectivity index is 1.50. The molecule has 0 spiro atoms. The van der Waals surface area contributed by atoms with Gasteiger partial charge >= 0.3 is 5.97 Å². The van der Waals surface area contributed by atoms with E-state index in [4.69, 9.17) is 21.1 Å². The minimum atomic E-state index is -0.913. The molecule has 1 atom stereocenters. The summed E-state index contributed by atoms with van der Waals surface area (Å²) in [4.78, 5) is 37.2. The second kappa shape index (κ2) is 10.4. The molecule has 2 amide bonds. The maximum Gasteiger partial charge on any atom is 0.308 e. The van der Waals surface area contributed by atoms with Crippen LogP contribution in [0, 0.1) is 0 Å². The van der Waals surface area contributed by atoms with Crippen molar-refractivity contribution in [3.8, 4) is 5.75 Å². The Kier molecular flexibility index (Phi) is 6.81. The topological polar surface area (TPSA) is 97.3 Å². The number of benzene rings is 4. The van der Waals surface area contributed by atoms with E-state index in [-0.39, 0.29) is 23.5 Å². The molecule has 38 heavy (non-hydrogen) atoms. The molecule has 1 heterocycles. The van der Waals surface area contributed by atoms with E-state index in [0.29, 0.717) is 27.4 Å². The maximum atomic E-state index is 12.8. The number of rotatable bonds is 5. The lowest BCUT2D eigenvalue weighted by molar-refractivity contribution is -0.135. The number of fused-ring (bicyclic) bond motifs is 1. The van der Waals surface area contributed by atoms with Gasteiger partial charge in [0.25, 0.3) is 5.91 Å². The molecule has 0 aliphatic carbocycles. The number of halogens is 1. The van der Waals surface area contributed by atoms with Gasteiger partial charge < -0.3 is 14.8 Å². The number of nitrogens with one attached hydrogen (secondary N) is 1. The van der Waals surface area contributed by atoms with E-state index in [0.717, 1.165) is 10.8 Å². The van der Waals surface area contributed by atoms with Crippen LogP contribution in [-0.2, 0) is 14.3 Å². The third-order valence-corrected chi connectivity index (χ3v) is 6.20. The number of carbonyl (C=O) groups excluding carboxylic acids is 3. The third-order valence-electron chi connectivity index (χ3n) is 5.87. The molecule has 1 aliphatic heterocycles. The third kappa shape index (κ3) is 4.94. The molecule has 0 unspecified atom stereocenters. The van der Waals surface area contributed by atoms with Crippen LogP contribution in [0.15, 0.2) is 90.0 Å². The predicted octanol–water partition coefficient (Wildman–Crippen LogP) is 5.91. The van der Waals surface area contributed by atoms with Gasteiger partial charge in [-0.1, -0.05) is 66.2 Å². The van der Waals surface area contributed by atoms with Gasteiger partial charge in [-0.15, -0.1) is 5.10 Å². The summed E-state index contributed by atoms with van der Waals surface area (Å²) < 4.78 is 11.7. The van der Waals surface area contributed by atoms with Gasteiger partial charge in [0.2, 0.25) is 18.0 Å². The molecule has 0 saturated heterocycles. The standard InChI is InChI=1S/C29H22ClN3O5/c1-17(34)33-29(20-9-7-10-21(16-20)31-27(36)23-12-5-6-13-24(23)30)38-28(32-33)26-22-11-4-3-8-19(22)14-15-25(26)37-18(2)35/h3-16,29H,1-2H3,(H,31,36)/t29-/m1/s1. The zero-order valence-electron chi connectivity index (χ0n) is 20.5. The molecule has 0 radical (unpaired) electrons. The van der Waals surface area contributed by atoms with Crippen molar-refractivity contribution < 1.29 is 23.9 Å². The molecular weight excluding hydrogens is 506 g/mol. The monoisotopic (exact) mass is 527 g/mol. The van der Waals surface area contributed by atoms with Crippen molar-refractivity contribution in [2.24, 2.45) is 5.10 Å². The van der Waals surface area contributed by atoms with E-state index in [1.807, 2.05) is 30.3 Å². The van der Waals surface area contributed by atoms with Crippen molar-refractivity contribution in [2.45, 2.75) is 20.1 Å². The smallest absolute Gasteiger partial charge is 0.308 e. The van der Waals surface area contributed by atoms with Crippen molar-refractivity contribution in [1.29, 1.82) is 0 Å². The highest BCUT2D eigenvalue weighted by atomic mass is 35.5. The van der Waals surface area contributed by atoms with E-state index < -0.39 is 12.2 Å². The summed E-state index contributed by atoms with van der Waals surface area (Å²) in [5.41, 5.74) is 1.85. The molecule has 1 N–H and O–H groups in total. The number of carbonyl (C=O) groups is 3. The normalized spacial score (nSPS) is 14.6. The molecule has 0 bridgehead atoms. The molecule has 5 rings (SSSR count). The Morgan fingerprint density at radius 1 is 0.947 bits per heavy atom. The lowest BCUT2D eigenvalue weighted by Crippen LogP contribution is -2.25. The van der Waals surface area contributed by atoms with Crippen LogP contribution in [0.5, 0.6) is 5.75 Å². The Hall–Kier alpha value is -4.69. The second-order valence-corrected chi connectivity index (χ2v) is 8.96. The van der Waals surface area contributed by atoms with Crippen molar-refractivity contribution >= 4 is 51.7 Å². The molecule has 9 heteroatoms. The molecule has 8 nitrogen and oxygen atoms in total. The lowest BCUT2D eigenvalue weighted by atomic mass is 10.0. The fourth-order valence-corrected chi connectivity index (χ4v) is 4.43. The van der Waals surface area contributed by atoms with Gasteiger partial charge in [0.1, 0.15) is 5.75 Å². The van der Waals surface area contributed by atoms with Gasteiger partial charge in [-0.05, 0) is 41.1 Å². The van der Waals surface area contributed by atoms with Gasteiger partial charge in [-0.3, -0.25) is 14.4 Å².